The molecule has 0 spiro atoms. The molecule has 0 radical (unpaired) electrons. The SMILES string of the molecule is CCC(C)C(NC(=O)C(CCCCN)NC(=O)C(N)CCC(=O)O)C(=O)NC(CCCN=C(N)N)C(=O)NC(CC(C)C)C(=O)NC(CCCN=C(N)N)C(=O)O. The summed E-state index contributed by atoms with van der Waals surface area (Å²) in [6, 6.07) is -7.31. The van der Waals surface area contributed by atoms with Crippen molar-refractivity contribution in [2.24, 2.45) is 56.2 Å². The van der Waals surface area contributed by atoms with Crippen molar-refractivity contribution in [3.63, 3.8) is 0 Å². The summed E-state index contributed by atoms with van der Waals surface area (Å²) < 4.78 is 0. The number of rotatable bonds is 30. The fourth-order valence-electron chi connectivity index (χ4n) is 5.45. The number of nitrogens with one attached hydrogen (secondary N) is 5. The number of unbranched alkanes of at least 4 members (excludes halogenated alkanes) is 1. The Morgan fingerprint density at radius 3 is 1.53 bits per heavy atom. The predicted octanol–water partition coefficient (Wildman–Crippen LogP) is -2.98. The fourth-order valence-corrected chi connectivity index (χ4v) is 5.45. The number of aliphatic carboxylic acids is 2. The van der Waals surface area contributed by atoms with Gasteiger partial charge in [-0.05, 0) is 76.2 Å². The van der Waals surface area contributed by atoms with Gasteiger partial charge in [0.25, 0.3) is 0 Å². The van der Waals surface area contributed by atoms with E-state index in [2.05, 4.69) is 36.6 Å². The zero-order chi connectivity index (χ0) is 43.7. The Hall–Kier alpha value is -5.25. The second-order valence-corrected chi connectivity index (χ2v) is 14.3. The molecule has 7 atom stereocenters. The third-order valence-corrected chi connectivity index (χ3v) is 8.86. The van der Waals surface area contributed by atoms with Crippen molar-refractivity contribution < 1.29 is 43.8 Å². The van der Waals surface area contributed by atoms with Crippen LogP contribution in [0.1, 0.15) is 98.3 Å². The van der Waals surface area contributed by atoms with Crippen molar-refractivity contribution in [1.82, 2.24) is 26.6 Å². The molecule has 7 unspecified atom stereocenters. The predicted molar refractivity (Wildman–Crippen MR) is 214 cm³/mol. The van der Waals surface area contributed by atoms with E-state index in [1.165, 1.54) is 0 Å². The van der Waals surface area contributed by atoms with Gasteiger partial charge in [-0.3, -0.25) is 38.8 Å². The summed E-state index contributed by atoms with van der Waals surface area (Å²) in [4.78, 5) is 98.5. The second-order valence-electron chi connectivity index (χ2n) is 14.3. The molecule has 0 aliphatic heterocycles. The zero-order valence-corrected chi connectivity index (χ0v) is 33.6. The van der Waals surface area contributed by atoms with Crippen LogP contribution in [0, 0.1) is 11.8 Å². The minimum atomic E-state index is -1.31. The van der Waals surface area contributed by atoms with Crippen LogP contribution in [-0.2, 0) is 33.6 Å². The number of nitrogens with zero attached hydrogens (tertiary/aromatic N) is 2. The Morgan fingerprint density at radius 2 is 1.05 bits per heavy atom. The summed E-state index contributed by atoms with van der Waals surface area (Å²) in [7, 11) is 0. The first kappa shape index (κ1) is 51.8. The van der Waals surface area contributed by atoms with Crippen LogP contribution < -0.4 is 61.0 Å². The molecular formula is C35H67N13O9. The van der Waals surface area contributed by atoms with Crippen molar-refractivity contribution >= 4 is 53.4 Å². The lowest BCUT2D eigenvalue weighted by Gasteiger charge is -2.29. The number of aliphatic imine (C=N–C) groups is 2. The largest absolute Gasteiger partial charge is 0.481 e. The van der Waals surface area contributed by atoms with E-state index in [-0.39, 0.29) is 82.3 Å². The van der Waals surface area contributed by atoms with Crippen LogP contribution in [0.25, 0.3) is 0 Å². The van der Waals surface area contributed by atoms with Gasteiger partial charge in [0.05, 0.1) is 6.04 Å². The molecule has 57 heavy (non-hydrogen) atoms. The maximum absolute atomic E-state index is 14.0. The topological polar surface area (TPSA) is 401 Å². The Labute approximate surface area is 333 Å². The molecular weight excluding hydrogens is 746 g/mol. The standard InChI is InChI=1S/C35H67N13O9/c1-5-20(4)27(48-30(53)22(10-6-7-15-36)44-28(51)21(37)13-14-26(49)50)32(55)45-23(11-8-16-42-34(38)39)29(52)47-25(18-19(2)3)31(54)46-24(33(56)57)12-9-17-43-35(40)41/h19-25,27H,5-18,36-37H2,1-4H3,(H,44,51)(H,45,55)(H,46,54)(H,47,52)(H,48,53)(H,49,50)(H,56,57)(H4,38,39,42)(H4,40,41,43). The summed E-state index contributed by atoms with van der Waals surface area (Å²) in [5.41, 5.74) is 33.0. The third-order valence-electron chi connectivity index (χ3n) is 8.86. The highest BCUT2D eigenvalue weighted by atomic mass is 16.4. The summed E-state index contributed by atoms with van der Waals surface area (Å²) >= 11 is 0. The lowest BCUT2D eigenvalue weighted by atomic mass is 9.96. The first-order valence-electron chi connectivity index (χ1n) is 19.3. The Balaban J connectivity index is 6.37. The van der Waals surface area contributed by atoms with Crippen LogP contribution in [-0.4, -0.2) is 119 Å². The van der Waals surface area contributed by atoms with Crippen molar-refractivity contribution in [2.45, 2.75) is 135 Å². The molecule has 22 heteroatoms. The number of hydrogen-bond acceptors (Lipinski definition) is 11. The zero-order valence-electron chi connectivity index (χ0n) is 33.6. The van der Waals surface area contributed by atoms with Gasteiger partial charge in [0.2, 0.25) is 29.5 Å². The van der Waals surface area contributed by atoms with Crippen molar-refractivity contribution in [3.8, 4) is 0 Å². The molecule has 0 aromatic heterocycles. The summed E-state index contributed by atoms with van der Waals surface area (Å²) in [6.45, 7) is 7.67. The Kier molecular flexibility index (Phi) is 25.6. The van der Waals surface area contributed by atoms with Gasteiger partial charge in [0, 0.05) is 19.5 Å². The summed E-state index contributed by atoms with van der Waals surface area (Å²) in [5.74, 6) is -7.09. The number of carboxylic acid groups (broad SMARTS) is 2. The van der Waals surface area contributed by atoms with Crippen LogP contribution in [0.2, 0.25) is 0 Å². The maximum Gasteiger partial charge on any atom is 0.326 e. The van der Waals surface area contributed by atoms with E-state index in [1.807, 2.05) is 0 Å². The quantitative estimate of drug-likeness (QED) is 0.0195. The highest BCUT2D eigenvalue weighted by Gasteiger charge is 2.34. The molecule has 5 amide bonds. The molecule has 0 aliphatic carbocycles. The van der Waals surface area contributed by atoms with Crippen molar-refractivity contribution in [3.05, 3.63) is 0 Å². The van der Waals surface area contributed by atoms with Crippen LogP contribution in [0.4, 0.5) is 0 Å². The smallest absolute Gasteiger partial charge is 0.326 e. The Bertz CT molecular complexity index is 1370. The molecule has 0 aliphatic rings. The number of amides is 5. The van der Waals surface area contributed by atoms with Gasteiger partial charge in [-0.1, -0.05) is 34.1 Å². The van der Waals surface area contributed by atoms with Crippen molar-refractivity contribution in [2.75, 3.05) is 19.6 Å². The number of guanidine groups is 2. The minimum absolute atomic E-state index is 0.0000876. The first-order chi connectivity index (χ1) is 26.7. The van der Waals surface area contributed by atoms with Crippen LogP contribution >= 0.6 is 0 Å². The molecule has 0 rings (SSSR count). The van der Waals surface area contributed by atoms with Crippen LogP contribution in [0.3, 0.4) is 0 Å². The second kappa shape index (κ2) is 28.2. The van der Waals surface area contributed by atoms with Gasteiger partial charge in [0.15, 0.2) is 11.9 Å². The minimum Gasteiger partial charge on any atom is -0.481 e. The average Bonchev–Trinajstić information content (AvgIpc) is 3.13. The lowest BCUT2D eigenvalue weighted by Crippen LogP contribution is -2.60. The highest BCUT2D eigenvalue weighted by Crippen LogP contribution is 2.13. The molecule has 22 nitrogen and oxygen atoms in total. The Morgan fingerprint density at radius 1 is 0.596 bits per heavy atom. The van der Waals surface area contributed by atoms with Gasteiger partial charge in [0.1, 0.15) is 30.2 Å². The van der Waals surface area contributed by atoms with E-state index in [1.54, 1.807) is 27.7 Å². The monoisotopic (exact) mass is 814 g/mol. The van der Waals surface area contributed by atoms with E-state index < -0.39 is 83.6 Å². The van der Waals surface area contributed by atoms with E-state index in [9.17, 15) is 38.7 Å². The van der Waals surface area contributed by atoms with Gasteiger partial charge >= 0.3 is 11.9 Å². The van der Waals surface area contributed by atoms with E-state index in [4.69, 9.17) is 39.5 Å². The highest BCUT2D eigenvalue weighted by molar-refractivity contribution is 5.96. The van der Waals surface area contributed by atoms with Gasteiger partial charge in [-0.25, -0.2) is 4.79 Å². The van der Waals surface area contributed by atoms with Crippen LogP contribution in [0.5, 0.6) is 0 Å². The van der Waals surface area contributed by atoms with Gasteiger partial charge in [-0.2, -0.15) is 0 Å². The van der Waals surface area contributed by atoms with E-state index in [0.717, 1.165) is 0 Å². The molecule has 0 fully saturated rings. The summed E-state index contributed by atoms with van der Waals surface area (Å²) in [5, 5.41) is 31.8. The van der Waals surface area contributed by atoms with Gasteiger partial charge in [-0.15, -0.1) is 0 Å². The number of nitrogens with two attached hydrogens (primary N) is 6. The molecule has 0 saturated heterocycles. The van der Waals surface area contributed by atoms with E-state index in [0.29, 0.717) is 25.8 Å². The average molecular weight is 814 g/mol. The third kappa shape index (κ3) is 22.8. The van der Waals surface area contributed by atoms with Crippen LogP contribution in [0.15, 0.2) is 9.98 Å². The maximum atomic E-state index is 14.0. The lowest BCUT2D eigenvalue weighted by molar-refractivity contribution is -0.142. The molecule has 0 aromatic carbocycles. The molecule has 19 N–H and O–H groups in total. The molecule has 0 aromatic rings. The normalized spacial score (nSPS) is 14.6. The first-order valence-corrected chi connectivity index (χ1v) is 19.3. The number of carboxylic acids is 2. The molecule has 0 saturated carbocycles. The van der Waals surface area contributed by atoms with Gasteiger partial charge < -0.3 is 71.2 Å². The fraction of sp³-hybridized carbons (Fsp3) is 0.743. The number of carbonyl (C=O) groups is 7. The molecule has 326 valence electrons. The van der Waals surface area contributed by atoms with E-state index >= 15 is 0 Å². The number of hydrogen-bond donors (Lipinski definition) is 13. The molecule has 0 heterocycles. The molecule has 0 bridgehead atoms. The van der Waals surface area contributed by atoms with Crippen molar-refractivity contribution in [1.29, 1.82) is 0 Å². The number of carbonyl (C=O) groups excluding carboxylic acids is 5. The summed E-state index contributed by atoms with van der Waals surface area (Å²) in [6.07, 6.45) is 1.59.